The molecule has 0 aromatic carbocycles. The molecule has 0 bridgehead atoms. The third kappa shape index (κ3) is 4.08. The lowest BCUT2D eigenvalue weighted by Gasteiger charge is -2.16. The Labute approximate surface area is 113 Å². The van der Waals surface area contributed by atoms with Crippen molar-refractivity contribution < 1.29 is 4.79 Å². The number of hydrogen-bond acceptors (Lipinski definition) is 5. The minimum Gasteiger partial charge on any atom is -0.368 e. The van der Waals surface area contributed by atoms with Gasteiger partial charge in [0.15, 0.2) is 0 Å². The Balaban J connectivity index is 1.80. The van der Waals surface area contributed by atoms with E-state index >= 15 is 0 Å². The van der Waals surface area contributed by atoms with E-state index in [1.54, 1.807) is 6.33 Å². The zero-order valence-corrected chi connectivity index (χ0v) is 11.4. The molecular weight excluding hydrogens is 242 g/mol. The summed E-state index contributed by atoms with van der Waals surface area (Å²) < 4.78 is 0. The number of amides is 1. The van der Waals surface area contributed by atoms with Crippen LogP contribution in [0.1, 0.15) is 26.2 Å². The summed E-state index contributed by atoms with van der Waals surface area (Å²) in [5, 5.41) is 6.01. The highest BCUT2D eigenvalue weighted by Gasteiger charge is 2.13. The lowest BCUT2D eigenvalue weighted by atomic mass is 10.4. The van der Waals surface area contributed by atoms with Gasteiger partial charge in [-0.25, -0.2) is 9.97 Å². The van der Waals surface area contributed by atoms with Gasteiger partial charge in [-0.3, -0.25) is 4.79 Å². The SMILES string of the molecule is CCC(=O)NCCNc1cc(N2CCCC2)ncn1. The first-order chi connectivity index (χ1) is 9.29. The maximum absolute atomic E-state index is 11.1. The molecule has 2 heterocycles. The number of aromatic nitrogens is 2. The molecule has 1 aliphatic heterocycles. The average Bonchev–Trinajstić information content (AvgIpc) is 2.98. The van der Waals surface area contributed by atoms with E-state index < -0.39 is 0 Å². The summed E-state index contributed by atoms with van der Waals surface area (Å²) in [5.74, 6) is 1.86. The van der Waals surface area contributed by atoms with Crippen LogP contribution in [0.25, 0.3) is 0 Å². The summed E-state index contributed by atoms with van der Waals surface area (Å²) in [5.41, 5.74) is 0. The molecule has 2 rings (SSSR count). The molecule has 0 spiro atoms. The van der Waals surface area contributed by atoms with Gasteiger partial charge in [0, 0.05) is 38.7 Å². The molecule has 1 saturated heterocycles. The summed E-state index contributed by atoms with van der Waals surface area (Å²) in [6.45, 7) is 5.26. The van der Waals surface area contributed by atoms with Crippen molar-refractivity contribution in [3.8, 4) is 0 Å². The highest BCUT2D eigenvalue weighted by Crippen LogP contribution is 2.18. The maximum Gasteiger partial charge on any atom is 0.219 e. The zero-order valence-electron chi connectivity index (χ0n) is 11.4. The van der Waals surface area contributed by atoms with Crippen LogP contribution in [0.15, 0.2) is 12.4 Å². The van der Waals surface area contributed by atoms with Crippen LogP contribution in [0.5, 0.6) is 0 Å². The Hall–Kier alpha value is -1.85. The first-order valence-corrected chi connectivity index (χ1v) is 6.87. The van der Waals surface area contributed by atoms with Crippen molar-refractivity contribution >= 4 is 17.5 Å². The van der Waals surface area contributed by atoms with Crippen LogP contribution >= 0.6 is 0 Å². The largest absolute Gasteiger partial charge is 0.368 e. The highest BCUT2D eigenvalue weighted by molar-refractivity contribution is 5.75. The molecule has 19 heavy (non-hydrogen) atoms. The molecule has 2 N–H and O–H groups in total. The number of carbonyl (C=O) groups is 1. The second-order valence-electron chi connectivity index (χ2n) is 4.59. The van der Waals surface area contributed by atoms with E-state index in [4.69, 9.17) is 0 Å². The van der Waals surface area contributed by atoms with Crippen molar-refractivity contribution in [3.63, 3.8) is 0 Å². The first-order valence-electron chi connectivity index (χ1n) is 6.87. The predicted molar refractivity (Wildman–Crippen MR) is 75.3 cm³/mol. The van der Waals surface area contributed by atoms with Crippen molar-refractivity contribution in [1.82, 2.24) is 15.3 Å². The summed E-state index contributed by atoms with van der Waals surface area (Å²) in [4.78, 5) is 21.8. The molecule has 0 saturated carbocycles. The zero-order chi connectivity index (χ0) is 13.5. The average molecular weight is 263 g/mol. The van der Waals surface area contributed by atoms with Crippen LogP contribution in [0.3, 0.4) is 0 Å². The number of nitrogens with one attached hydrogen (secondary N) is 2. The third-order valence-electron chi connectivity index (χ3n) is 3.16. The molecule has 104 valence electrons. The number of rotatable bonds is 6. The Morgan fingerprint density at radius 1 is 1.32 bits per heavy atom. The predicted octanol–water partition coefficient (Wildman–Crippen LogP) is 1.01. The van der Waals surface area contributed by atoms with Crippen LogP contribution in [0.4, 0.5) is 11.6 Å². The lowest BCUT2D eigenvalue weighted by molar-refractivity contribution is -0.120. The van der Waals surface area contributed by atoms with Crippen molar-refractivity contribution in [2.24, 2.45) is 0 Å². The van der Waals surface area contributed by atoms with Crippen LogP contribution in [0, 0.1) is 0 Å². The Morgan fingerprint density at radius 3 is 2.84 bits per heavy atom. The van der Waals surface area contributed by atoms with E-state index in [9.17, 15) is 4.79 Å². The monoisotopic (exact) mass is 263 g/mol. The molecule has 6 heteroatoms. The van der Waals surface area contributed by atoms with Gasteiger partial charge in [-0.1, -0.05) is 6.92 Å². The Bertz CT molecular complexity index is 417. The molecule has 1 aromatic heterocycles. The van der Waals surface area contributed by atoms with Gasteiger partial charge in [0.1, 0.15) is 18.0 Å². The van der Waals surface area contributed by atoms with Gasteiger partial charge >= 0.3 is 0 Å². The van der Waals surface area contributed by atoms with Gasteiger partial charge < -0.3 is 15.5 Å². The van der Waals surface area contributed by atoms with Crippen LogP contribution in [-0.4, -0.2) is 42.1 Å². The van der Waals surface area contributed by atoms with Gasteiger partial charge in [-0.2, -0.15) is 0 Å². The Morgan fingerprint density at radius 2 is 2.11 bits per heavy atom. The van der Waals surface area contributed by atoms with Crippen molar-refractivity contribution in [2.75, 3.05) is 36.4 Å². The number of hydrogen-bond donors (Lipinski definition) is 2. The first kappa shape index (κ1) is 13.6. The lowest BCUT2D eigenvalue weighted by Crippen LogP contribution is -2.28. The minimum atomic E-state index is 0.0715. The summed E-state index contributed by atoms with van der Waals surface area (Å²) in [6.07, 6.45) is 4.57. The van der Waals surface area contributed by atoms with Crippen molar-refractivity contribution in [3.05, 3.63) is 12.4 Å². The van der Waals surface area contributed by atoms with E-state index in [2.05, 4.69) is 25.5 Å². The molecule has 0 radical (unpaired) electrons. The second kappa shape index (κ2) is 6.92. The van der Waals surface area contributed by atoms with Crippen LogP contribution < -0.4 is 15.5 Å². The van der Waals surface area contributed by atoms with Crippen molar-refractivity contribution in [1.29, 1.82) is 0 Å². The quantitative estimate of drug-likeness (QED) is 0.750. The normalized spacial score (nSPS) is 14.5. The molecule has 1 aromatic rings. The second-order valence-corrected chi connectivity index (χ2v) is 4.59. The molecule has 1 aliphatic rings. The summed E-state index contributed by atoms with van der Waals surface area (Å²) in [7, 11) is 0. The topological polar surface area (TPSA) is 70.2 Å². The van der Waals surface area contributed by atoms with Crippen molar-refractivity contribution in [2.45, 2.75) is 26.2 Å². The van der Waals surface area contributed by atoms with Gasteiger partial charge in [0.2, 0.25) is 5.91 Å². The van der Waals surface area contributed by atoms with E-state index in [1.165, 1.54) is 12.8 Å². The molecular formula is C13H21N5O. The smallest absolute Gasteiger partial charge is 0.219 e. The fourth-order valence-corrected chi connectivity index (χ4v) is 2.08. The van der Waals surface area contributed by atoms with E-state index in [0.717, 1.165) is 24.7 Å². The van der Waals surface area contributed by atoms with Gasteiger partial charge in [0.25, 0.3) is 0 Å². The molecule has 0 aliphatic carbocycles. The van der Waals surface area contributed by atoms with Gasteiger partial charge in [-0.15, -0.1) is 0 Å². The summed E-state index contributed by atoms with van der Waals surface area (Å²) >= 11 is 0. The van der Waals surface area contributed by atoms with E-state index in [0.29, 0.717) is 19.5 Å². The number of nitrogens with zero attached hydrogens (tertiary/aromatic N) is 3. The van der Waals surface area contributed by atoms with E-state index in [-0.39, 0.29) is 5.91 Å². The molecule has 6 nitrogen and oxygen atoms in total. The van der Waals surface area contributed by atoms with Gasteiger partial charge in [0.05, 0.1) is 0 Å². The fraction of sp³-hybridized carbons (Fsp3) is 0.615. The highest BCUT2D eigenvalue weighted by atomic mass is 16.1. The molecule has 1 amide bonds. The van der Waals surface area contributed by atoms with Crippen LogP contribution in [-0.2, 0) is 4.79 Å². The Kier molecular flexibility index (Phi) is 4.94. The number of anilines is 2. The molecule has 0 atom stereocenters. The minimum absolute atomic E-state index is 0.0715. The fourth-order valence-electron chi connectivity index (χ4n) is 2.08. The standard InChI is InChI=1S/C13H21N5O/c1-2-13(19)15-6-5-14-11-9-12(17-10-16-11)18-7-3-4-8-18/h9-10H,2-8H2,1H3,(H,15,19)(H,14,16,17). The number of carbonyl (C=O) groups excluding carboxylic acids is 1. The van der Waals surface area contributed by atoms with Crippen LogP contribution in [0.2, 0.25) is 0 Å². The summed E-state index contributed by atoms with van der Waals surface area (Å²) in [6, 6.07) is 1.97. The maximum atomic E-state index is 11.1. The van der Waals surface area contributed by atoms with Gasteiger partial charge in [-0.05, 0) is 12.8 Å². The third-order valence-corrected chi connectivity index (χ3v) is 3.16. The molecule has 1 fully saturated rings. The van der Waals surface area contributed by atoms with E-state index in [1.807, 2.05) is 13.0 Å². The molecule has 0 unspecified atom stereocenters.